The number of aryl methyl sites for hydroxylation is 1. The second-order valence-electron chi connectivity index (χ2n) is 6.77. The number of amides is 1. The summed E-state index contributed by atoms with van der Waals surface area (Å²) >= 11 is 1.73. The number of carbonyl (C=O) groups is 1. The number of benzene rings is 1. The van der Waals surface area contributed by atoms with Gasteiger partial charge in [0.2, 0.25) is 0 Å². The van der Waals surface area contributed by atoms with Crippen LogP contribution in [0.2, 0.25) is 0 Å². The van der Waals surface area contributed by atoms with Crippen molar-refractivity contribution in [1.82, 2.24) is 14.8 Å². The summed E-state index contributed by atoms with van der Waals surface area (Å²) < 4.78 is 10.9. The summed E-state index contributed by atoms with van der Waals surface area (Å²) in [6.45, 7) is 6.53. The number of aromatic nitrogens is 1. The molecule has 0 atom stereocenters. The van der Waals surface area contributed by atoms with E-state index in [4.69, 9.17) is 9.47 Å². The standard InChI is InChI=1S/C20H27N3O3S/c1-16-19(27-15-21-16)7-8-22(2)13-17-3-5-18(6-4-17)26-14-20(24)23-9-11-25-12-10-23/h3-6,15H,7-14H2,1-2H3. The van der Waals surface area contributed by atoms with E-state index in [-0.39, 0.29) is 12.5 Å². The van der Waals surface area contributed by atoms with Crippen LogP contribution in [0.25, 0.3) is 0 Å². The molecule has 1 fully saturated rings. The predicted octanol–water partition coefficient (Wildman–Crippen LogP) is 2.36. The van der Waals surface area contributed by atoms with Gasteiger partial charge in [-0.1, -0.05) is 12.1 Å². The van der Waals surface area contributed by atoms with Crippen LogP contribution >= 0.6 is 11.3 Å². The Morgan fingerprint density at radius 3 is 2.70 bits per heavy atom. The fourth-order valence-electron chi connectivity index (χ4n) is 2.99. The second kappa shape index (κ2) is 9.82. The number of ether oxygens (including phenoxy) is 2. The van der Waals surface area contributed by atoms with E-state index in [1.807, 2.05) is 17.6 Å². The molecular weight excluding hydrogens is 362 g/mol. The molecule has 0 spiro atoms. The third kappa shape index (κ3) is 6.02. The van der Waals surface area contributed by atoms with E-state index in [1.54, 1.807) is 16.2 Å². The van der Waals surface area contributed by atoms with Gasteiger partial charge in [-0.25, -0.2) is 4.98 Å². The topological polar surface area (TPSA) is 54.9 Å². The molecule has 0 aliphatic carbocycles. The van der Waals surface area contributed by atoms with E-state index >= 15 is 0 Å². The molecule has 0 N–H and O–H groups in total. The largest absolute Gasteiger partial charge is 0.484 e. The molecule has 1 amide bonds. The number of thiazole rings is 1. The van der Waals surface area contributed by atoms with Gasteiger partial charge < -0.3 is 19.3 Å². The number of nitrogens with zero attached hydrogens (tertiary/aromatic N) is 3. The van der Waals surface area contributed by atoms with Crippen LogP contribution in [-0.4, -0.2) is 67.2 Å². The van der Waals surface area contributed by atoms with Crippen LogP contribution < -0.4 is 4.74 Å². The van der Waals surface area contributed by atoms with E-state index in [0.717, 1.165) is 31.0 Å². The Balaban J connectivity index is 1.41. The highest BCUT2D eigenvalue weighted by Crippen LogP contribution is 2.16. The Kier molecular flexibility index (Phi) is 7.20. The fraction of sp³-hybridized carbons (Fsp3) is 0.500. The molecule has 6 nitrogen and oxygen atoms in total. The van der Waals surface area contributed by atoms with Crippen LogP contribution in [0, 0.1) is 6.92 Å². The van der Waals surface area contributed by atoms with Gasteiger partial charge in [-0.3, -0.25) is 4.79 Å². The van der Waals surface area contributed by atoms with Crippen molar-refractivity contribution in [3.8, 4) is 5.75 Å². The third-order valence-electron chi connectivity index (χ3n) is 4.67. The molecule has 7 heteroatoms. The minimum absolute atomic E-state index is 0.0143. The number of morpholine rings is 1. The van der Waals surface area contributed by atoms with E-state index in [2.05, 4.69) is 36.0 Å². The summed E-state index contributed by atoms with van der Waals surface area (Å²) in [6.07, 6.45) is 1.03. The number of rotatable bonds is 8. The molecule has 1 aliphatic heterocycles. The number of likely N-dealkylation sites (N-methyl/N-ethyl adjacent to an activating group) is 1. The highest BCUT2D eigenvalue weighted by Gasteiger charge is 2.17. The van der Waals surface area contributed by atoms with E-state index < -0.39 is 0 Å². The molecule has 0 bridgehead atoms. The van der Waals surface area contributed by atoms with E-state index in [1.165, 1.54) is 10.4 Å². The molecule has 0 unspecified atom stereocenters. The monoisotopic (exact) mass is 389 g/mol. The van der Waals surface area contributed by atoms with Crippen LogP contribution in [0.3, 0.4) is 0 Å². The van der Waals surface area contributed by atoms with Crippen molar-refractivity contribution < 1.29 is 14.3 Å². The zero-order valence-corrected chi connectivity index (χ0v) is 16.8. The second-order valence-corrected chi connectivity index (χ2v) is 7.71. The normalized spacial score (nSPS) is 14.6. The van der Waals surface area contributed by atoms with Crippen LogP contribution in [0.15, 0.2) is 29.8 Å². The van der Waals surface area contributed by atoms with Crippen molar-refractivity contribution in [2.45, 2.75) is 19.9 Å². The smallest absolute Gasteiger partial charge is 0.260 e. The van der Waals surface area contributed by atoms with Gasteiger partial charge >= 0.3 is 0 Å². The molecule has 3 rings (SSSR count). The molecule has 27 heavy (non-hydrogen) atoms. The Morgan fingerprint density at radius 2 is 2.04 bits per heavy atom. The summed E-state index contributed by atoms with van der Waals surface area (Å²) in [5, 5.41) is 0. The molecule has 2 heterocycles. The quantitative estimate of drug-likeness (QED) is 0.694. The van der Waals surface area contributed by atoms with Gasteiger partial charge in [0.1, 0.15) is 5.75 Å². The lowest BCUT2D eigenvalue weighted by atomic mass is 10.2. The zero-order valence-electron chi connectivity index (χ0n) is 16.0. The highest BCUT2D eigenvalue weighted by atomic mass is 32.1. The molecule has 1 aliphatic rings. The lowest BCUT2D eigenvalue weighted by Crippen LogP contribution is -2.42. The number of carbonyl (C=O) groups excluding carboxylic acids is 1. The van der Waals surface area contributed by atoms with Gasteiger partial charge in [0, 0.05) is 31.1 Å². The van der Waals surface area contributed by atoms with Crippen molar-refractivity contribution >= 4 is 17.2 Å². The van der Waals surface area contributed by atoms with Crippen molar-refractivity contribution in [1.29, 1.82) is 0 Å². The Hall–Kier alpha value is -1.96. The van der Waals surface area contributed by atoms with Gasteiger partial charge in [0.15, 0.2) is 6.61 Å². The zero-order chi connectivity index (χ0) is 19.1. The Morgan fingerprint density at radius 1 is 1.30 bits per heavy atom. The van der Waals surface area contributed by atoms with Gasteiger partial charge in [-0.15, -0.1) is 11.3 Å². The fourth-order valence-corrected chi connectivity index (χ4v) is 3.76. The number of hydrogen-bond donors (Lipinski definition) is 0. The van der Waals surface area contributed by atoms with Gasteiger partial charge in [0.25, 0.3) is 5.91 Å². The van der Waals surface area contributed by atoms with Crippen LogP contribution in [0.1, 0.15) is 16.1 Å². The molecule has 1 aromatic heterocycles. The minimum atomic E-state index is 0.0143. The first-order valence-electron chi connectivity index (χ1n) is 9.26. The van der Waals surface area contributed by atoms with Crippen LogP contribution in [-0.2, 0) is 22.5 Å². The predicted molar refractivity (Wildman–Crippen MR) is 106 cm³/mol. The van der Waals surface area contributed by atoms with E-state index in [9.17, 15) is 4.79 Å². The first kappa shape index (κ1) is 19.8. The first-order chi connectivity index (χ1) is 13.1. The molecular formula is C20H27N3O3S. The van der Waals surface area contributed by atoms with Crippen molar-refractivity contribution in [2.24, 2.45) is 0 Å². The van der Waals surface area contributed by atoms with E-state index in [0.29, 0.717) is 26.3 Å². The molecule has 2 aromatic rings. The lowest BCUT2D eigenvalue weighted by Gasteiger charge is -2.26. The Labute approximate surface area is 164 Å². The molecule has 0 radical (unpaired) electrons. The first-order valence-corrected chi connectivity index (χ1v) is 10.1. The van der Waals surface area contributed by atoms with Gasteiger partial charge in [-0.05, 0) is 38.1 Å². The Bertz CT molecular complexity index is 726. The molecule has 146 valence electrons. The molecule has 1 saturated heterocycles. The maximum absolute atomic E-state index is 12.1. The summed E-state index contributed by atoms with van der Waals surface area (Å²) in [4.78, 5) is 21.9. The average Bonchev–Trinajstić information content (AvgIpc) is 3.11. The summed E-state index contributed by atoms with van der Waals surface area (Å²) in [6, 6.07) is 7.98. The lowest BCUT2D eigenvalue weighted by molar-refractivity contribution is -0.137. The summed E-state index contributed by atoms with van der Waals surface area (Å²) in [5.41, 5.74) is 4.28. The van der Waals surface area contributed by atoms with Crippen molar-refractivity contribution in [2.75, 3.05) is 46.5 Å². The summed E-state index contributed by atoms with van der Waals surface area (Å²) in [7, 11) is 2.13. The average molecular weight is 390 g/mol. The van der Waals surface area contributed by atoms with Crippen LogP contribution in [0.5, 0.6) is 5.75 Å². The third-order valence-corrected chi connectivity index (χ3v) is 5.66. The van der Waals surface area contributed by atoms with Gasteiger partial charge in [0.05, 0.1) is 24.4 Å². The molecule has 1 aromatic carbocycles. The highest BCUT2D eigenvalue weighted by molar-refractivity contribution is 7.09. The van der Waals surface area contributed by atoms with Crippen LogP contribution in [0.4, 0.5) is 0 Å². The van der Waals surface area contributed by atoms with Gasteiger partial charge in [-0.2, -0.15) is 0 Å². The summed E-state index contributed by atoms with van der Waals surface area (Å²) in [5.74, 6) is 0.740. The molecule has 0 saturated carbocycles. The SMILES string of the molecule is Cc1ncsc1CCN(C)Cc1ccc(OCC(=O)N2CCOCC2)cc1. The van der Waals surface area contributed by atoms with Crippen molar-refractivity contribution in [3.63, 3.8) is 0 Å². The minimum Gasteiger partial charge on any atom is -0.484 e. The maximum atomic E-state index is 12.1. The number of hydrogen-bond acceptors (Lipinski definition) is 6. The maximum Gasteiger partial charge on any atom is 0.260 e. The van der Waals surface area contributed by atoms with Crippen molar-refractivity contribution in [3.05, 3.63) is 45.9 Å².